The number of nitrogens with zero attached hydrogens (tertiary/aromatic N) is 3. The molecule has 40 heavy (non-hydrogen) atoms. The molecule has 4 aromatic rings. The Labute approximate surface area is 236 Å². The number of hydrogen-bond donors (Lipinski definition) is 0. The number of esters is 1. The van der Waals surface area contributed by atoms with Gasteiger partial charge >= 0.3 is 5.97 Å². The van der Waals surface area contributed by atoms with Crippen LogP contribution < -0.4 is 24.5 Å². The smallest absolute Gasteiger partial charge is 0.338 e. The van der Waals surface area contributed by atoms with E-state index in [2.05, 4.69) is 18.7 Å². The van der Waals surface area contributed by atoms with Gasteiger partial charge in [0, 0.05) is 30.8 Å². The average molecular weight is 558 g/mol. The summed E-state index contributed by atoms with van der Waals surface area (Å²) in [5, 5.41) is 0. The molecular weight excluding hydrogens is 526 g/mol. The van der Waals surface area contributed by atoms with Gasteiger partial charge in [-0.05, 0) is 44.5 Å². The maximum atomic E-state index is 14.0. The molecule has 0 N–H and O–H groups in total. The van der Waals surface area contributed by atoms with Crippen LogP contribution in [-0.2, 0) is 9.53 Å². The standard InChI is InChI=1S/C31H31N3O5S/c1-5-33(6-2)25-17-16-23(39-25)19-24-29(35)34-28(21-14-11-15-22(18-21)37-4)26(30(36)38-7-3)27(32-31(34)40-24)20-12-9-8-10-13-20/h8-19,28H,5-7H2,1-4H3/b24-19+/t28-/m1/s1. The van der Waals surface area contributed by atoms with Gasteiger partial charge in [0.2, 0.25) is 0 Å². The van der Waals surface area contributed by atoms with Gasteiger partial charge < -0.3 is 18.8 Å². The molecule has 0 saturated heterocycles. The number of hydrogen-bond acceptors (Lipinski definition) is 8. The number of fused-ring (bicyclic) bond motifs is 1. The number of rotatable bonds is 9. The molecule has 8 nitrogen and oxygen atoms in total. The maximum Gasteiger partial charge on any atom is 0.338 e. The summed E-state index contributed by atoms with van der Waals surface area (Å²) in [4.78, 5) is 35.0. The van der Waals surface area contributed by atoms with Gasteiger partial charge in [-0.2, -0.15) is 0 Å². The molecule has 0 bridgehead atoms. The molecular formula is C31H31N3O5S. The van der Waals surface area contributed by atoms with E-state index in [9.17, 15) is 9.59 Å². The predicted molar refractivity (Wildman–Crippen MR) is 156 cm³/mol. The number of methoxy groups -OCH3 is 1. The number of carbonyl (C=O) groups is 1. The van der Waals surface area contributed by atoms with Gasteiger partial charge in [-0.25, -0.2) is 9.79 Å². The van der Waals surface area contributed by atoms with Crippen molar-refractivity contribution < 1.29 is 18.7 Å². The molecule has 0 unspecified atom stereocenters. The molecule has 9 heteroatoms. The Bertz CT molecular complexity index is 1730. The first kappa shape index (κ1) is 27.2. The highest BCUT2D eigenvalue weighted by Gasteiger charge is 2.35. The molecule has 2 aromatic carbocycles. The van der Waals surface area contributed by atoms with Crippen LogP contribution in [0.15, 0.2) is 86.5 Å². The van der Waals surface area contributed by atoms with Gasteiger partial charge in [0.25, 0.3) is 5.56 Å². The zero-order chi connectivity index (χ0) is 28.2. The van der Waals surface area contributed by atoms with E-state index in [1.807, 2.05) is 66.7 Å². The third-order valence-corrected chi connectivity index (χ3v) is 7.73. The summed E-state index contributed by atoms with van der Waals surface area (Å²) in [6.45, 7) is 7.69. The largest absolute Gasteiger partial charge is 0.497 e. The molecule has 1 aliphatic heterocycles. The van der Waals surface area contributed by atoms with E-state index < -0.39 is 12.0 Å². The minimum atomic E-state index is -0.773. The molecule has 1 atom stereocenters. The Hall–Kier alpha value is -4.37. The topological polar surface area (TPSA) is 86.3 Å². The van der Waals surface area contributed by atoms with Crippen molar-refractivity contribution in [1.82, 2.24) is 4.57 Å². The fourth-order valence-electron chi connectivity index (χ4n) is 4.82. The maximum absolute atomic E-state index is 14.0. The number of furan rings is 1. The Balaban J connectivity index is 1.77. The van der Waals surface area contributed by atoms with Crippen LogP contribution in [0.5, 0.6) is 5.75 Å². The number of aromatic nitrogens is 1. The molecule has 206 valence electrons. The van der Waals surface area contributed by atoms with E-state index in [1.54, 1.807) is 24.7 Å². The molecule has 0 aliphatic carbocycles. The zero-order valence-electron chi connectivity index (χ0n) is 22.9. The normalized spacial score (nSPS) is 15.0. The molecule has 0 fully saturated rings. The SMILES string of the molecule is CCOC(=O)C1=C(c2ccccc2)N=c2s/c(=C/c3ccc(N(CC)CC)o3)c(=O)n2[C@@H]1c1cccc(OC)c1. The van der Waals surface area contributed by atoms with Crippen LogP contribution in [-0.4, -0.2) is 37.3 Å². The Kier molecular flexibility index (Phi) is 8.02. The quantitative estimate of drug-likeness (QED) is 0.284. The van der Waals surface area contributed by atoms with Crippen LogP contribution in [0.1, 0.15) is 43.7 Å². The number of carbonyl (C=O) groups excluding carboxylic acids is 1. The predicted octanol–water partition coefficient (Wildman–Crippen LogP) is 4.38. The van der Waals surface area contributed by atoms with E-state index in [-0.39, 0.29) is 12.2 Å². The molecule has 0 amide bonds. The summed E-state index contributed by atoms with van der Waals surface area (Å²) in [5.41, 5.74) is 1.96. The molecule has 1 aliphatic rings. The van der Waals surface area contributed by atoms with Crippen molar-refractivity contribution in [2.45, 2.75) is 26.8 Å². The zero-order valence-corrected chi connectivity index (χ0v) is 23.7. The number of ether oxygens (including phenoxy) is 2. The van der Waals surface area contributed by atoms with Gasteiger partial charge in [0.15, 0.2) is 10.7 Å². The van der Waals surface area contributed by atoms with Crippen molar-refractivity contribution in [3.05, 3.63) is 109 Å². The summed E-state index contributed by atoms with van der Waals surface area (Å²) in [6, 6.07) is 19.8. The van der Waals surface area contributed by atoms with Crippen molar-refractivity contribution in [2.24, 2.45) is 4.99 Å². The van der Waals surface area contributed by atoms with Crippen molar-refractivity contribution in [3.8, 4) is 5.75 Å². The lowest BCUT2D eigenvalue weighted by Crippen LogP contribution is -2.40. The first-order chi connectivity index (χ1) is 19.5. The molecule has 2 aromatic heterocycles. The summed E-state index contributed by atoms with van der Waals surface area (Å²) in [6.07, 6.45) is 1.73. The second-order valence-electron chi connectivity index (χ2n) is 9.06. The van der Waals surface area contributed by atoms with Gasteiger partial charge in [-0.3, -0.25) is 9.36 Å². The van der Waals surface area contributed by atoms with Crippen molar-refractivity contribution in [1.29, 1.82) is 0 Å². The summed E-state index contributed by atoms with van der Waals surface area (Å²) in [7, 11) is 1.58. The number of thiazole rings is 1. The first-order valence-electron chi connectivity index (χ1n) is 13.3. The molecule has 3 heterocycles. The summed E-state index contributed by atoms with van der Waals surface area (Å²) in [5.74, 6) is 1.40. The third kappa shape index (κ3) is 5.12. The van der Waals surface area contributed by atoms with Crippen molar-refractivity contribution in [3.63, 3.8) is 0 Å². The monoisotopic (exact) mass is 557 g/mol. The van der Waals surface area contributed by atoms with Gasteiger partial charge in [-0.1, -0.05) is 53.8 Å². The van der Waals surface area contributed by atoms with E-state index in [4.69, 9.17) is 18.9 Å². The fraction of sp³-hybridized carbons (Fsp3) is 0.258. The number of benzene rings is 2. The summed E-state index contributed by atoms with van der Waals surface area (Å²) >= 11 is 1.26. The lowest BCUT2D eigenvalue weighted by molar-refractivity contribution is -0.138. The van der Waals surface area contributed by atoms with Crippen molar-refractivity contribution in [2.75, 3.05) is 31.7 Å². The van der Waals surface area contributed by atoms with Crippen LogP contribution >= 0.6 is 11.3 Å². The highest BCUT2D eigenvalue weighted by Crippen LogP contribution is 2.36. The van der Waals surface area contributed by atoms with Gasteiger partial charge in [0.1, 0.15) is 11.5 Å². The van der Waals surface area contributed by atoms with E-state index in [0.29, 0.717) is 37.7 Å². The van der Waals surface area contributed by atoms with Crippen LogP contribution in [0.25, 0.3) is 11.8 Å². The van der Waals surface area contributed by atoms with Crippen molar-refractivity contribution >= 4 is 35.0 Å². The Morgan fingerprint density at radius 1 is 1.07 bits per heavy atom. The van der Waals surface area contributed by atoms with Gasteiger partial charge in [-0.15, -0.1) is 0 Å². The highest BCUT2D eigenvalue weighted by molar-refractivity contribution is 7.07. The highest BCUT2D eigenvalue weighted by atomic mass is 32.1. The lowest BCUT2D eigenvalue weighted by Gasteiger charge is -2.26. The minimum Gasteiger partial charge on any atom is -0.497 e. The molecule has 5 rings (SSSR count). The van der Waals surface area contributed by atoms with Crippen LogP contribution in [0.4, 0.5) is 5.88 Å². The Morgan fingerprint density at radius 2 is 1.85 bits per heavy atom. The van der Waals surface area contributed by atoms with Gasteiger partial charge in [0.05, 0.1) is 35.6 Å². The first-order valence-corrected chi connectivity index (χ1v) is 14.1. The molecule has 0 spiro atoms. The van der Waals surface area contributed by atoms with Crippen LogP contribution in [0.3, 0.4) is 0 Å². The second kappa shape index (κ2) is 11.8. The molecule has 0 saturated carbocycles. The van der Waals surface area contributed by atoms with E-state index >= 15 is 0 Å². The molecule has 0 radical (unpaired) electrons. The van der Waals surface area contributed by atoms with Crippen LogP contribution in [0.2, 0.25) is 0 Å². The third-order valence-electron chi connectivity index (χ3n) is 6.74. The average Bonchev–Trinajstić information content (AvgIpc) is 3.57. The summed E-state index contributed by atoms with van der Waals surface area (Å²) < 4.78 is 19.1. The van der Waals surface area contributed by atoms with E-state index in [0.717, 1.165) is 24.5 Å². The Morgan fingerprint density at radius 3 is 2.55 bits per heavy atom. The second-order valence-corrected chi connectivity index (χ2v) is 10.1. The lowest BCUT2D eigenvalue weighted by atomic mass is 9.93. The number of anilines is 1. The fourth-order valence-corrected chi connectivity index (χ4v) is 5.80. The van der Waals surface area contributed by atoms with E-state index in [1.165, 1.54) is 11.3 Å². The minimum absolute atomic E-state index is 0.188. The van der Waals surface area contributed by atoms with Crippen LogP contribution in [0, 0.1) is 0 Å².